The van der Waals surface area contributed by atoms with Crippen molar-refractivity contribution < 1.29 is 14.3 Å². The van der Waals surface area contributed by atoms with Gasteiger partial charge in [0.25, 0.3) is 0 Å². The van der Waals surface area contributed by atoms with E-state index < -0.39 is 17.3 Å². The van der Waals surface area contributed by atoms with Gasteiger partial charge in [-0.1, -0.05) is 12.1 Å². The molecule has 0 aliphatic carbocycles. The molecule has 0 aromatic heterocycles. The van der Waals surface area contributed by atoms with Crippen molar-refractivity contribution in [3.63, 3.8) is 0 Å². The molecule has 13 heavy (non-hydrogen) atoms. The number of nitrogens with zero attached hydrogens (tertiary/aromatic N) is 1. The normalized spacial score (nSPS) is 9.23. The summed E-state index contributed by atoms with van der Waals surface area (Å²) in [7, 11) is 0. The summed E-state index contributed by atoms with van der Waals surface area (Å²) in [4.78, 5) is 10.5. The molecule has 0 amide bonds. The zero-order valence-corrected chi connectivity index (χ0v) is 6.62. The van der Waals surface area contributed by atoms with Crippen molar-refractivity contribution in [1.82, 2.24) is 0 Å². The number of benzene rings is 1. The highest BCUT2D eigenvalue weighted by atomic mass is 19.1. The monoisotopic (exact) mass is 179 g/mol. The molecular formula is C9H6FNO2. The summed E-state index contributed by atoms with van der Waals surface area (Å²) in [5.74, 6) is -2.14. The first-order valence-corrected chi connectivity index (χ1v) is 3.54. The Morgan fingerprint density at radius 1 is 1.62 bits per heavy atom. The van der Waals surface area contributed by atoms with Crippen LogP contribution >= 0.6 is 0 Å². The molecule has 3 nitrogen and oxygen atoms in total. The van der Waals surface area contributed by atoms with Gasteiger partial charge in [-0.3, -0.25) is 0 Å². The third-order valence-corrected chi connectivity index (χ3v) is 1.58. The number of carbonyl (C=O) groups is 1. The number of hydrogen-bond acceptors (Lipinski definition) is 2. The topological polar surface area (TPSA) is 61.1 Å². The first-order valence-electron chi connectivity index (χ1n) is 3.54. The number of carboxylic acids is 1. The summed E-state index contributed by atoms with van der Waals surface area (Å²) < 4.78 is 13.2. The van der Waals surface area contributed by atoms with Crippen molar-refractivity contribution in [2.45, 2.75) is 6.42 Å². The van der Waals surface area contributed by atoms with E-state index in [9.17, 15) is 9.18 Å². The molecule has 1 N–H and O–H groups in total. The van der Waals surface area contributed by atoms with Gasteiger partial charge in [-0.2, -0.15) is 5.26 Å². The van der Waals surface area contributed by atoms with E-state index in [2.05, 4.69) is 0 Å². The summed E-state index contributed by atoms with van der Waals surface area (Å²) in [6, 6.07) is 5.73. The lowest BCUT2D eigenvalue weighted by Gasteiger charge is -2.00. The Morgan fingerprint density at radius 3 is 2.85 bits per heavy atom. The van der Waals surface area contributed by atoms with Crippen LogP contribution in [0.3, 0.4) is 0 Å². The van der Waals surface area contributed by atoms with Crippen LogP contribution in [0, 0.1) is 17.1 Å². The van der Waals surface area contributed by atoms with E-state index in [0.717, 1.165) is 0 Å². The van der Waals surface area contributed by atoms with Crippen LogP contribution in [0.15, 0.2) is 18.2 Å². The van der Waals surface area contributed by atoms with E-state index in [1.807, 2.05) is 0 Å². The maximum atomic E-state index is 13.2. The Morgan fingerprint density at radius 2 is 2.31 bits per heavy atom. The largest absolute Gasteiger partial charge is 0.478 e. The first kappa shape index (κ1) is 9.20. The van der Waals surface area contributed by atoms with Crippen LogP contribution < -0.4 is 0 Å². The molecule has 0 saturated heterocycles. The molecule has 0 spiro atoms. The van der Waals surface area contributed by atoms with Gasteiger partial charge < -0.3 is 5.11 Å². The highest BCUT2D eigenvalue weighted by Gasteiger charge is 2.12. The average Bonchev–Trinajstić information content (AvgIpc) is 2.08. The van der Waals surface area contributed by atoms with Gasteiger partial charge in [0.05, 0.1) is 18.1 Å². The Hall–Kier alpha value is -1.89. The molecule has 0 radical (unpaired) electrons. The Bertz CT molecular complexity index is 382. The van der Waals surface area contributed by atoms with Crippen molar-refractivity contribution in [2.75, 3.05) is 0 Å². The number of nitriles is 1. The van der Waals surface area contributed by atoms with Gasteiger partial charge in [0.15, 0.2) is 0 Å². The second-order valence-corrected chi connectivity index (χ2v) is 2.42. The number of carboxylic acid groups (broad SMARTS) is 1. The highest BCUT2D eigenvalue weighted by Crippen LogP contribution is 2.13. The number of aromatic carboxylic acids is 1. The van der Waals surface area contributed by atoms with E-state index in [-0.39, 0.29) is 12.0 Å². The molecule has 1 aromatic rings. The summed E-state index contributed by atoms with van der Waals surface area (Å²) >= 11 is 0. The molecule has 0 bridgehead atoms. The number of halogens is 1. The minimum atomic E-state index is -1.32. The molecule has 0 saturated carbocycles. The molecule has 0 unspecified atom stereocenters. The molecule has 0 aliphatic rings. The maximum absolute atomic E-state index is 13.2. The Kier molecular flexibility index (Phi) is 2.60. The van der Waals surface area contributed by atoms with Gasteiger partial charge in [0.1, 0.15) is 5.82 Å². The lowest BCUT2D eigenvalue weighted by Crippen LogP contribution is -2.03. The molecule has 1 rings (SSSR count). The van der Waals surface area contributed by atoms with Crippen LogP contribution in [0.4, 0.5) is 4.39 Å². The lowest BCUT2D eigenvalue weighted by molar-refractivity contribution is 0.0691. The quantitative estimate of drug-likeness (QED) is 0.749. The van der Waals surface area contributed by atoms with Crippen molar-refractivity contribution in [1.29, 1.82) is 5.26 Å². The minimum Gasteiger partial charge on any atom is -0.478 e. The van der Waals surface area contributed by atoms with E-state index in [1.165, 1.54) is 18.2 Å². The smallest absolute Gasteiger partial charge is 0.338 e. The second-order valence-electron chi connectivity index (χ2n) is 2.42. The number of hydrogen-bond donors (Lipinski definition) is 1. The van der Waals surface area contributed by atoms with Crippen molar-refractivity contribution in [3.8, 4) is 6.07 Å². The summed E-state index contributed by atoms with van der Waals surface area (Å²) in [6.07, 6.45) is -0.118. The molecule has 0 heterocycles. The average molecular weight is 179 g/mol. The first-order chi connectivity index (χ1) is 6.16. The van der Waals surface area contributed by atoms with Crippen LogP contribution in [-0.4, -0.2) is 11.1 Å². The van der Waals surface area contributed by atoms with Crippen LogP contribution in [0.25, 0.3) is 0 Å². The van der Waals surface area contributed by atoms with Crippen LogP contribution in [-0.2, 0) is 6.42 Å². The third-order valence-electron chi connectivity index (χ3n) is 1.58. The van der Waals surface area contributed by atoms with Gasteiger partial charge in [-0.15, -0.1) is 0 Å². The zero-order chi connectivity index (χ0) is 9.84. The second kappa shape index (κ2) is 3.68. The van der Waals surface area contributed by atoms with E-state index in [1.54, 1.807) is 6.07 Å². The van der Waals surface area contributed by atoms with E-state index in [4.69, 9.17) is 10.4 Å². The van der Waals surface area contributed by atoms with Gasteiger partial charge in [-0.05, 0) is 6.07 Å². The van der Waals surface area contributed by atoms with E-state index >= 15 is 0 Å². The van der Waals surface area contributed by atoms with Gasteiger partial charge >= 0.3 is 5.97 Å². The fraction of sp³-hybridized carbons (Fsp3) is 0.111. The molecule has 1 aromatic carbocycles. The Labute approximate surface area is 74.0 Å². The SMILES string of the molecule is N#CCc1cccc(C(=O)O)c1F. The molecule has 0 fully saturated rings. The van der Waals surface area contributed by atoms with Crippen molar-refractivity contribution in [2.24, 2.45) is 0 Å². The predicted octanol–water partition coefficient (Wildman–Crippen LogP) is 1.59. The highest BCUT2D eigenvalue weighted by molar-refractivity contribution is 5.88. The van der Waals surface area contributed by atoms with Crippen molar-refractivity contribution >= 4 is 5.97 Å². The zero-order valence-electron chi connectivity index (χ0n) is 6.62. The van der Waals surface area contributed by atoms with Gasteiger partial charge in [-0.25, -0.2) is 9.18 Å². The lowest BCUT2D eigenvalue weighted by atomic mass is 10.1. The summed E-state index contributed by atoms with van der Waals surface area (Å²) in [5, 5.41) is 16.8. The summed E-state index contributed by atoms with van der Waals surface area (Å²) in [6.45, 7) is 0. The molecule has 4 heteroatoms. The fourth-order valence-electron chi connectivity index (χ4n) is 0.967. The fourth-order valence-corrected chi connectivity index (χ4v) is 0.967. The Balaban J connectivity index is 3.20. The number of rotatable bonds is 2. The van der Waals surface area contributed by atoms with Gasteiger partial charge in [0, 0.05) is 5.56 Å². The molecule has 66 valence electrons. The summed E-state index contributed by atoms with van der Waals surface area (Å²) in [5.41, 5.74) is -0.282. The minimum absolute atomic E-state index is 0.113. The molecule has 0 aliphatic heterocycles. The van der Waals surface area contributed by atoms with Gasteiger partial charge in [0.2, 0.25) is 0 Å². The van der Waals surface area contributed by atoms with Crippen LogP contribution in [0.2, 0.25) is 0 Å². The van der Waals surface area contributed by atoms with E-state index in [0.29, 0.717) is 0 Å². The molecular weight excluding hydrogens is 173 g/mol. The standard InChI is InChI=1S/C9H6FNO2/c10-8-6(4-5-11)2-1-3-7(8)9(12)13/h1-3H,4H2,(H,12,13). The van der Waals surface area contributed by atoms with Crippen LogP contribution in [0.5, 0.6) is 0 Å². The predicted molar refractivity (Wildman–Crippen MR) is 42.7 cm³/mol. The third kappa shape index (κ3) is 1.82. The maximum Gasteiger partial charge on any atom is 0.338 e. The van der Waals surface area contributed by atoms with Crippen molar-refractivity contribution in [3.05, 3.63) is 35.1 Å². The van der Waals surface area contributed by atoms with Crippen LogP contribution in [0.1, 0.15) is 15.9 Å². The molecule has 0 atom stereocenters.